The maximum absolute atomic E-state index is 13.9. The van der Waals surface area contributed by atoms with E-state index in [-0.39, 0.29) is 5.82 Å². The third-order valence-electron chi connectivity index (χ3n) is 3.06. The predicted octanol–water partition coefficient (Wildman–Crippen LogP) is 0.680. The molecule has 2 nitrogen and oxygen atoms in total. The summed E-state index contributed by atoms with van der Waals surface area (Å²) in [5.41, 5.74) is 1.98. The van der Waals surface area contributed by atoms with Crippen LogP contribution in [-0.2, 0) is 0 Å². The van der Waals surface area contributed by atoms with Gasteiger partial charge in [-0.15, -0.1) is 0 Å². The van der Waals surface area contributed by atoms with Crippen molar-refractivity contribution in [1.82, 2.24) is 4.90 Å². The maximum atomic E-state index is 13.9. The van der Waals surface area contributed by atoms with Gasteiger partial charge >= 0.3 is 0 Å². The van der Waals surface area contributed by atoms with Crippen LogP contribution in [0.1, 0.15) is 5.56 Å². The normalized spacial score (nSPS) is 17.8. The summed E-state index contributed by atoms with van der Waals surface area (Å²) in [6, 6.07) is 3.38. The standard InChI is InChI=1S/C12H16BFN2/c1-9-7-10(13)12(11(14)8-9)16-5-3-15(2)4-6-16/h7-8H,3-6H2,1-2H3. The van der Waals surface area contributed by atoms with Crippen LogP contribution in [0.15, 0.2) is 12.1 Å². The first-order valence-corrected chi connectivity index (χ1v) is 5.57. The van der Waals surface area contributed by atoms with Crippen molar-refractivity contribution in [3.63, 3.8) is 0 Å². The Balaban J connectivity index is 2.26. The SMILES string of the molecule is [B]c1cc(C)cc(F)c1N1CCN(C)CC1. The Hall–Kier alpha value is -1.03. The van der Waals surface area contributed by atoms with Gasteiger partial charge in [-0.05, 0) is 25.6 Å². The van der Waals surface area contributed by atoms with Crippen molar-refractivity contribution in [1.29, 1.82) is 0 Å². The Morgan fingerprint density at radius 3 is 2.38 bits per heavy atom. The fraction of sp³-hybridized carbons (Fsp3) is 0.500. The fourth-order valence-electron chi connectivity index (χ4n) is 2.13. The quantitative estimate of drug-likeness (QED) is 0.639. The second-order valence-electron chi connectivity index (χ2n) is 4.47. The number of hydrogen-bond acceptors (Lipinski definition) is 2. The Morgan fingerprint density at radius 1 is 1.19 bits per heavy atom. The van der Waals surface area contributed by atoms with Crippen molar-refractivity contribution in [2.24, 2.45) is 0 Å². The average molecular weight is 218 g/mol. The molecule has 0 unspecified atom stereocenters. The molecule has 16 heavy (non-hydrogen) atoms. The molecule has 0 aromatic heterocycles. The number of piperazine rings is 1. The number of anilines is 1. The van der Waals surface area contributed by atoms with E-state index < -0.39 is 0 Å². The van der Waals surface area contributed by atoms with Gasteiger partial charge in [-0.2, -0.15) is 0 Å². The van der Waals surface area contributed by atoms with Crippen molar-refractivity contribution < 1.29 is 4.39 Å². The molecule has 1 fully saturated rings. The van der Waals surface area contributed by atoms with Gasteiger partial charge in [-0.1, -0.05) is 11.5 Å². The van der Waals surface area contributed by atoms with Gasteiger partial charge in [0.25, 0.3) is 0 Å². The van der Waals surface area contributed by atoms with Gasteiger partial charge in [0.2, 0.25) is 0 Å². The average Bonchev–Trinajstić information content (AvgIpc) is 2.19. The summed E-state index contributed by atoms with van der Waals surface area (Å²) in [6.07, 6.45) is 0. The van der Waals surface area contributed by atoms with E-state index in [1.807, 2.05) is 17.9 Å². The van der Waals surface area contributed by atoms with E-state index in [2.05, 4.69) is 11.9 Å². The van der Waals surface area contributed by atoms with Crippen LogP contribution >= 0.6 is 0 Å². The molecule has 0 spiro atoms. The molecule has 84 valence electrons. The lowest BCUT2D eigenvalue weighted by molar-refractivity contribution is 0.312. The number of likely N-dealkylation sites (N-methyl/N-ethyl adjacent to an activating group) is 1. The van der Waals surface area contributed by atoms with Gasteiger partial charge in [0.15, 0.2) is 0 Å². The van der Waals surface area contributed by atoms with Gasteiger partial charge in [0, 0.05) is 26.2 Å². The molecule has 1 aromatic rings. The zero-order valence-electron chi connectivity index (χ0n) is 9.83. The summed E-state index contributed by atoms with van der Waals surface area (Å²) < 4.78 is 13.9. The zero-order chi connectivity index (χ0) is 11.7. The maximum Gasteiger partial charge on any atom is 0.146 e. The van der Waals surface area contributed by atoms with E-state index in [1.54, 1.807) is 6.07 Å². The lowest BCUT2D eigenvalue weighted by Crippen LogP contribution is -2.46. The highest BCUT2D eigenvalue weighted by Crippen LogP contribution is 2.19. The summed E-state index contributed by atoms with van der Waals surface area (Å²) in [7, 11) is 7.97. The van der Waals surface area contributed by atoms with Crippen LogP contribution in [0.5, 0.6) is 0 Å². The first kappa shape index (κ1) is 11.5. The third kappa shape index (κ3) is 2.22. The lowest BCUT2D eigenvalue weighted by Gasteiger charge is -2.35. The van der Waals surface area contributed by atoms with E-state index in [1.165, 1.54) is 0 Å². The number of nitrogens with zero attached hydrogens (tertiary/aromatic N) is 2. The molecule has 1 aromatic carbocycles. The van der Waals surface area contributed by atoms with E-state index in [9.17, 15) is 4.39 Å². The summed E-state index contributed by atoms with van der Waals surface area (Å²) >= 11 is 0. The molecule has 0 amide bonds. The molecule has 0 aliphatic carbocycles. The summed E-state index contributed by atoms with van der Waals surface area (Å²) in [4.78, 5) is 4.27. The molecule has 0 bridgehead atoms. The van der Waals surface area contributed by atoms with Gasteiger partial charge in [0.1, 0.15) is 13.7 Å². The van der Waals surface area contributed by atoms with Crippen LogP contribution in [0, 0.1) is 12.7 Å². The molecule has 0 saturated carbocycles. The van der Waals surface area contributed by atoms with Crippen LogP contribution in [0.25, 0.3) is 0 Å². The van der Waals surface area contributed by atoms with Crippen LogP contribution < -0.4 is 10.4 Å². The van der Waals surface area contributed by atoms with Crippen molar-refractivity contribution in [3.05, 3.63) is 23.5 Å². The number of aryl methyl sites for hydroxylation is 1. The third-order valence-corrected chi connectivity index (χ3v) is 3.06. The highest BCUT2D eigenvalue weighted by atomic mass is 19.1. The molecule has 1 aliphatic rings. The first-order valence-electron chi connectivity index (χ1n) is 5.57. The Kier molecular flexibility index (Phi) is 3.19. The molecule has 2 radical (unpaired) electrons. The molecule has 1 aliphatic heterocycles. The number of halogens is 1. The lowest BCUT2D eigenvalue weighted by atomic mass is 9.91. The molecular weight excluding hydrogens is 202 g/mol. The molecule has 1 saturated heterocycles. The Morgan fingerprint density at radius 2 is 1.81 bits per heavy atom. The van der Waals surface area contributed by atoms with E-state index in [4.69, 9.17) is 7.85 Å². The second kappa shape index (κ2) is 4.46. The minimum absolute atomic E-state index is 0.206. The topological polar surface area (TPSA) is 6.48 Å². The molecule has 0 N–H and O–H groups in total. The number of rotatable bonds is 1. The van der Waals surface area contributed by atoms with Gasteiger partial charge in [0.05, 0.1) is 5.69 Å². The minimum Gasteiger partial charge on any atom is -0.367 e. The predicted molar refractivity (Wildman–Crippen MR) is 66.2 cm³/mol. The molecule has 0 atom stereocenters. The summed E-state index contributed by atoms with van der Waals surface area (Å²) in [5.74, 6) is -0.206. The Bertz CT molecular complexity index is 364. The number of hydrogen-bond donors (Lipinski definition) is 0. The highest BCUT2D eigenvalue weighted by molar-refractivity contribution is 6.36. The van der Waals surface area contributed by atoms with Gasteiger partial charge < -0.3 is 9.80 Å². The van der Waals surface area contributed by atoms with Gasteiger partial charge in [-0.3, -0.25) is 0 Å². The van der Waals surface area contributed by atoms with Gasteiger partial charge in [-0.25, -0.2) is 4.39 Å². The van der Waals surface area contributed by atoms with Crippen molar-refractivity contribution in [3.8, 4) is 0 Å². The van der Waals surface area contributed by atoms with Crippen LogP contribution in [0.4, 0.5) is 10.1 Å². The van der Waals surface area contributed by atoms with Crippen molar-refractivity contribution in [2.75, 3.05) is 38.1 Å². The first-order chi connectivity index (χ1) is 7.58. The summed E-state index contributed by atoms with van der Waals surface area (Å²) in [6.45, 7) is 5.42. The molecular formula is C12H16BFN2. The fourth-order valence-corrected chi connectivity index (χ4v) is 2.13. The molecule has 4 heteroatoms. The van der Waals surface area contributed by atoms with Crippen LogP contribution in [-0.4, -0.2) is 46.0 Å². The smallest absolute Gasteiger partial charge is 0.146 e. The Labute approximate surface area is 97.5 Å². The second-order valence-corrected chi connectivity index (χ2v) is 4.47. The number of benzene rings is 1. The van der Waals surface area contributed by atoms with Crippen LogP contribution in [0.3, 0.4) is 0 Å². The van der Waals surface area contributed by atoms with Crippen molar-refractivity contribution >= 4 is 19.0 Å². The largest absolute Gasteiger partial charge is 0.367 e. The highest BCUT2D eigenvalue weighted by Gasteiger charge is 2.18. The van der Waals surface area contributed by atoms with E-state index in [0.29, 0.717) is 11.2 Å². The summed E-state index contributed by atoms with van der Waals surface area (Å²) in [5, 5.41) is 0. The van der Waals surface area contributed by atoms with Crippen LogP contribution in [0.2, 0.25) is 0 Å². The molecule has 1 heterocycles. The minimum atomic E-state index is -0.206. The van der Waals surface area contributed by atoms with Crippen molar-refractivity contribution in [2.45, 2.75) is 6.92 Å². The monoisotopic (exact) mass is 218 g/mol. The molecule has 2 rings (SSSR count). The zero-order valence-corrected chi connectivity index (χ0v) is 9.83. The van der Waals surface area contributed by atoms with E-state index in [0.717, 1.165) is 31.7 Å². The van der Waals surface area contributed by atoms with E-state index >= 15 is 0 Å².